The topological polar surface area (TPSA) is 9.72 Å². The fourth-order valence-electron chi connectivity index (χ4n) is 4.83. The van der Waals surface area contributed by atoms with Crippen molar-refractivity contribution in [3.8, 4) is 0 Å². The van der Waals surface area contributed by atoms with E-state index in [1.807, 2.05) is 0 Å². The van der Waals surface area contributed by atoms with E-state index in [0.717, 1.165) is 17.8 Å². The molecule has 3 aliphatic rings. The predicted molar refractivity (Wildman–Crippen MR) is 107 cm³/mol. The van der Waals surface area contributed by atoms with Crippen LogP contribution < -0.4 is 0 Å². The summed E-state index contributed by atoms with van der Waals surface area (Å²) in [6.45, 7) is 21.1. The Morgan fingerprint density at radius 3 is 1.78 bits per heavy atom. The molecule has 0 bridgehead atoms. The lowest BCUT2D eigenvalue weighted by Crippen LogP contribution is -2.47. The van der Waals surface area contributed by atoms with Crippen LogP contribution >= 0.6 is 22.6 Å². The first-order valence-corrected chi connectivity index (χ1v) is 10.6. The number of piperidine rings is 1. The lowest BCUT2D eigenvalue weighted by atomic mass is 9.92. The van der Waals surface area contributed by atoms with Crippen LogP contribution in [-0.2, 0) is 0 Å². The summed E-state index contributed by atoms with van der Waals surface area (Å²) in [6, 6.07) is 0. The van der Waals surface area contributed by atoms with Gasteiger partial charge < -0.3 is 4.90 Å². The SMILES string of the molecule is CC(C)(C)N1CCC(CN2CC3CN(C(C)(C)I)CC3C2)CC1. The third-order valence-electron chi connectivity index (χ3n) is 6.39. The maximum absolute atomic E-state index is 2.80. The third kappa shape index (κ3) is 4.42. The van der Waals surface area contributed by atoms with Crippen LogP contribution in [0.3, 0.4) is 0 Å². The second-order valence-corrected chi connectivity index (χ2v) is 12.3. The van der Waals surface area contributed by atoms with Crippen molar-refractivity contribution < 1.29 is 0 Å². The average Bonchev–Trinajstić information content (AvgIpc) is 2.95. The largest absolute Gasteiger partial charge is 0.302 e. The van der Waals surface area contributed by atoms with Gasteiger partial charge in [-0.1, -0.05) is 22.6 Å². The number of hydrogen-bond donors (Lipinski definition) is 0. The van der Waals surface area contributed by atoms with Crippen LogP contribution in [-0.4, -0.2) is 69.6 Å². The molecule has 2 atom stereocenters. The normalized spacial score (nSPS) is 32.6. The van der Waals surface area contributed by atoms with Crippen molar-refractivity contribution in [3.63, 3.8) is 0 Å². The number of rotatable bonds is 3. The second kappa shape index (κ2) is 6.73. The molecule has 3 heterocycles. The number of likely N-dealkylation sites (tertiary alicyclic amines) is 3. The second-order valence-electron chi connectivity index (χ2n) is 9.65. The molecular weight excluding hydrogens is 397 g/mol. The summed E-state index contributed by atoms with van der Waals surface area (Å²) in [7, 11) is 0. The quantitative estimate of drug-likeness (QED) is 0.383. The summed E-state index contributed by atoms with van der Waals surface area (Å²) in [5, 5.41) is 0. The maximum atomic E-state index is 2.80. The Bertz CT molecular complexity index is 390. The minimum atomic E-state index is 0.326. The van der Waals surface area contributed by atoms with Gasteiger partial charge in [0.05, 0.1) is 3.55 Å². The van der Waals surface area contributed by atoms with Crippen molar-refractivity contribution in [1.82, 2.24) is 14.7 Å². The summed E-state index contributed by atoms with van der Waals surface area (Å²) >= 11 is 2.60. The Kier molecular flexibility index (Phi) is 5.38. The Hall–Kier alpha value is 0.610. The zero-order valence-electron chi connectivity index (χ0n) is 15.8. The monoisotopic (exact) mass is 433 g/mol. The first kappa shape index (κ1) is 18.4. The molecule has 3 saturated heterocycles. The van der Waals surface area contributed by atoms with E-state index in [1.54, 1.807) is 0 Å². The highest BCUT2D eigenvalue weighted by molar-refractivity contribution is 14.1. The van der Waals surface area contributed by atoms with E-state index >= 15 is 0 Å². The van der Waals surface area contributed by atoms with Gasteiger partial charge in [0, 0.05) is 38.3 Å². The zero-order chi connectivity index (χ0) is 16.8. The molecular formula is C19H36IN3. The molecule has 3 rings (SSSR count). The van der Waals surface area contributed by atoms with Crippen LogP contribution in [0.25, 0.3) is 0 Å². The molecule has 3 aliphatic heterocycles. The van der Waals surface area contributed by atoms with Gasteiger partial charge in [0.25, 0.3) is 0 Å². The van der Waals surface area contributed by atoms with E-state index in [0.29, 0.717) is 9.08 Å². The van der Waals surface area contributed by atoms with Crippen LogP contribution in [0.4, 0.5) is 0 Å². The van der Waals surface area contributed by atoms with Crippen LogP contribution in [0, 0.1) is 17.8 Å². The van der Waals surface area contributed by atoms with Gasteiger partial charge in [-0.05, 0) is 78.3 Å². The van der Waals surface area contributed by atoms with Crippen molar-refractivity contribution in [2.75, 3.05) is 45.8 Å². The van der Waals surface area contributed by atoms with Gasteiger partial charge in [-0.15, -0.1) is 0 Å². The molecule has 0 aliphatic carbocycles. The highest BCUT2D eigenvalue weighted by atomic mass is 127. The minimum absolute atomic E-state index is 0.326. The van der Waals surface area contributed by atoms with E-state index in [2.05, 4.69) is 71.9 Å². The predicted octanol–water partition coefficient (Wildman–Crippen LogP) is 3.53. The number of fused-ring (bicyclic) bond motifs is 1. The van der Waals surface area contributed by atoms with Crippen molar-refractivity contribution >= 4 is 22.6 Å². The third-order valence-corrected chi connectivity index (χ3v) is 7.08. The van der Waals surface area contributed by atoms with Crippen molar-refractivity contribution in [2.24, 2.45) is 17.8 Å². The molecule has 0 amide bonds. The van der Waals surface area contributed by atoms with Gasteiger partial charge >= 0.3 is 0 Å². The molecule has 0 aromatic carbocycles. The minimum Gasteiger partial charge on any atom is -0.302 e. The number of nitrogens with zero attached hydrogens (tertiary/aromatic N) is 3. The molecule has 3 fully saturated rings. The Balaban J connectivity index is 1.43. The molecule has 0 aromatic rings. The van der Waals surface area contributed by atoms with Gasteiger partial charge in [-0.25, -0.2) is 0 Å². The molecule has 0 N–H and O–H groups in total. The lowest BCUT2D eigenvalue weighted by molar-refractivity contribution is 0.0756. The zero-order valence-corrected chi connectivity index (χ0v) is 18.0. The fraction of sp³-hybridized carbons (Fsp3) is 1.00. The first-order valence-electron chi connectivity index (χ1n) is 9.54. The Morgan fingerprint density at radius 2 is 1.35 bits per heavy atom. The molecule has 0 radical (unpaired) electrons. The summed E-state index contributed by atoms with van der Waals surface area (Å²) in [6.07, 6.45) is 2.80. The van der Waals surface area contributed by atoms with Crippen LogP contribution in [0.15, 0.2) is 0 Å². The Morgan fingerprint density at radius 1 is 0.826 bits per heavy atom. The van der Waals surface area contributed by atoms with Crippen LogP contribution in [0.1, 0.15) is 47.5 Å². The number of hydrogen-bond acceptors (Lipinski definition) is 3. The smallest absolute Gasteiger partial charge is 0.0673 e. The van der Waals surface area contributed by atoms with Crippen LogP contribution in [0.2, 0.25) is 0 Å². The summed E-state index contributed by atoms with van der Waals surface area (Å²) < 4.78 is 0.326. The van der Waals surface area contributed by atoms with Gasteiger partial charge in [0.15, 0.2) is 0 Å². The van der Waals surface area contributed by atoms with Gasteiger partial charge in [0.1, 0.15) is 0 Å². The van der Waals surface area contributed by atoms with Gasteiger partial charge in [0.2, 0.25) is 0 Å². The van der Waals surface area contributed by atoms with Gasteiger partial charge in [-0.2, -0.15) is 0 Å². The molecule has 0 spiro atoms. The van der Waals surface area contributed by atoms with Crippen molar-refractivity contribution in [3.05, 3.63) is 0 Å². The van der Waals surface area contributed by atoms with Gasteiger partial charge in [-0.3, -0.25) is 9.80 Å². The highest BCUT2D eigenvalue weighted by Crippen LogP contribution is 2.37. The number of alkyl halides is 1. The van der Waals surface area contributed by atoms with E-state index in [4.69, 9.17) is 0 Å². The first-order chi connectivity index (χ1) is 10.6. The fourth-order valence-corrected chi connectivity index (χ4v) is 5.22. The van der Waals surface area contributed by atoms with Crippen molar-refractivity contribution in [2.45, 2.75) is 56.5 Å². The van der Waals surface area contributed by atoms with Crippen molar-refractivity contribution in [1.29, 1.82) is 0 Å². The standard InChI is InChI=1S/C19H36IN3/c1-18(2,3)22-8-6-15(7-9-22)10-21-11-16-13-23(19(4,5)20)14-17(16)12-21/h15-17H,6-14H2,1-5H3. The number of halogens is 1. The Labute approximate surface area is 157 Å². The molecule has 23 heavy (non-hydrogen) atoms. The van der Waals surface area contributed by atoms with E-state index < -0.39 is 0 Å². The molecule has 3 nitrogen and oxygen atoms in total. The van der Waals surface area contributed by atoms with E-state index in [1.165, 1.54) is 58.7 Å². The maximum Gasteiger partial charge on any atom is 0.0673 e. The van der Waals surface area contributed by atoms with E-state index in [-0.39, 0.29) is 0 Å². The summed E-state index contributed by atoms with van der Waals surface area (Å²) in [4.78, 5) is 8.16. The molecule has 0 saturated carbocycles. The molecule has 2 unspecified atom stereocenters. The van der Waals surface area contributed by atoms with Crippen LogP contribution in [0.5, 0.6) is 0 Å². The molecule has 134 valence electrons. The summed E-state index contributed by atoms with van der Waals surface area (Å²) in [5.41, 5.74) is 0.353. The highest BCUT2D eigenvalue weighted by Gasteiger charge is 2.43. The summed E-state index contributed by atoms with van der Waals surface area (Å²) in [5.74, 6) is 2.79. The van der Waals surface area contributed by atoms with E-state index in [9.17, 15) is 0 Å². The molecule has 0 aromatic heterocycles. The average molecular weight is 433 g/mol. The molecule has 4 heteroatoms. The lowest BCUT2D eigenvalue weighted by Gasteiger charge is -2.41.